The van der Waals surface area contributed by atoms with Gasteiger partial charge in [-0.15, -0.1) is 0 Å². The van der Waals surface area contributed by atoms with Crippen molar-refractivity contribution in [3.05, 3.63) is 35.9 Å². The summed E-state index contributed by atoms with van der Waals surface area (Å²) in [4.78, 5) is 16.4. The highest BCUT2D eigenvalue weighted by molar-refractivity contribution is 7.80. The summed E-state index contributed by atoms with van der Waals surface area (Å²) in [5, 5.41) is 0. The molecule has 2 rings (SSSR count). The molecule has 1 aliphatic rings. The molecular weight excluding hydrogens is 282 g/mol. The Kier molecular flexibility index (Phi) is 5.70. The van der Waals surface area contributed by atoms with Crippen LogP contribution in [0.5, 0.6) is 0 Å². The molecule has 1 fully saturated rings. The van der Waals surface area contributed by atoms with E-state index in [0.717, 1.165) is 32.6 Å². The predicted molar refractivity (Wildman–Crippen MR) is 89.0 cm³/mol. The van der Waals surface area contributed by atoms with Gasteiger partial charge in [-0.2, -0.15) is 0 Å². The first-order valence-electron chi connectivity index (χ1n) is 7.40. The maximum absolute atomic E-state index is 11.5. The summed E-state index contributed by atoms with van der Waals surface area (Å²) >= 11 is 5.13. The first kappa shape index (κ1) is 15.9. The van der Waals surface area contributed by atoms with Gasteiger partial charge in [0.1, 0.15) is 0 Å². The van der Waals surface area contributed by atoms with Gasteiger partial charge in [0.25, 0.3) is 0 Å². The molecule has 2 N–H and O–H groups in total. The third kappa shape index (κ3) is 4.51. The Morgan fingerprint density at radius 1 is 1.24 bits per heavy atom. The van der Waals surface area contributed by atoms with Crippen molar-refractivity contribution in [2.75, 3.05) is 26.2 Å². The molecule has 1 unspecified atom stereocenters. The molecule has 0 bridgehead atoms. The van der Waals surface area contributed by atoms with Crippen molar-refractivity contribution >= 4 is 23.1 Å². The van der Waals surface area contributed by atoms with Crippen molar-refractivity contribution in [3.63, 3.8) is 0 Å². The molecular formula is C16H23N3OS. The third-order valence-electron chi connectivity index (χ3n) is 4.00. The van der Waals surface area contributed by atoms with Gasteiger partial charge in [-0.1, -0.05) is 42.5 Å². The van der Waals surface area contributed by atoms with E-state index in [1.165, 1.54) is 5.56 Å². The maximum atomic E-state index is 11.5. The number of thiocarbonyl (C=S) groups is 1. The summed E-state index contributed by atoms with van der Waals surface area (Å²) in [6, 6.07) is 10.5. The van der Waals surface area contributed by atoms with E-state index in [4.69, 9.17) is 18.0 Å². The summed E-state index contributed by atoms with van der Waals surface area (Å²) in [6.45, 7) is 5.07. The molecule has 1 aromatic rings. The second-order valence-electron chi connectivity index (χ2n) is 5.49. The predicted octanol–water partition coefficient (Wildman–Crippen LogP) is 1.96. The second kappa shape index (κ2) is 7.52. The minimum Gasteiger partial charge on any atom is -0.393 e. The van der Waals surface area contributed by atoms with Crippen LogP contribution in [-0.2, 0) is 4.79 Å². The summed E-state index contributed by atoms with van der Waals surface area (Å²) < 4.78 is 0. The summed E-state index contributed by atoms with van der Waals surface area (Å²) in [5.41, 5.74) is 7.03. The van der Waals surface area contributed by atoms with Crippen molar-refractivity contribution in [2.45, 2.75) is 25.8 Å². The number of hydrogen-bond donors (Lipinski definition) is 1. The lowest BCUT2D eigenvalue weighted by atomic mass is 10.0. The number of carbonyl (C=O) groups excluding carboxylic acids is 1. The van der Waals surface area contributed by atoms with Crippen molar-refractivity contribution in [3.8, 4) is 0 Å². The molecule has 5 heteroatoms. The summed E-state index contributed by atoms with van der Waals surface area (Å²) in [7, 11) is 0. The molecule has 114 valence electrons. The molecule has 1 heterocycles. The van der Waals surface area contributed by atoms with Crippen LogP contribution in [0.1, 0.15) is 31.4 Å². The Hall–Kier alpha value is -1.46. The first-order chi connectivity index (χ1) is 10.1. The van der Waals surface area contributed by atoms with Crippen LogP contribution < -0.4 is 5.73 Å². The maximum Gasteiger partial charge on any atom is 0.219 e. The molecule has 1 amide bonds. The Balaban J connectivity index is 2.13. The van der Waals surface area contributed by atoms with Crippen LogP contribution in [0.2, 0.25) is 0 Å². The van der Waals surface area contributed by atoms with Crippen LogP contribution in [0.3, 0.4) is 0 Å². The fraction of sp³-hybridized carbons (Fsp3) is 0.500. The molecule has 21 heavy (non-hydrogen) atoms. The van der Waals surface area contributed by atoms with E-state index in [-0.39, 0.29) is 11.9 Å². The van der Waals surface area contributed by atoms with Crippen molar-refractivity contribution < 1.29 is 4.79 Å². The van der Waals surface area contributed by atoms with E-state index in [1.807, 2.05) is 23.1 Å². The van der Waals surface area contributed by atoms with Crippen LogP contribution in [0.15, 0.2) is 30.3 Å². The van der Waals surface area contributed by atoms with E-state index < -0.39 is 0 Å². The van der Waals surface area contributed by atoms with Crippen molar-refractivity contribution in [2.24, 2.45) is 5.73 Å². The minimum absolute atomic E-state index is 0.155. The number of benzene rings is 1. The number of nitrogens with zero attached hydrogens (tertiary/aromatic N) is 2. The Morgan fingerprint density at radius 3 is 2.57 bits per heavy atom. The van der Waals surface area contributed by atoms with Crippen LogP contribution in [-0.4, -0.2) is 46.9 Å². The van der Waals surface area contributed by atoms with E-state index in [0.29, 0.717) is 11.4 Å². The fourth-order valence-corrected chi connectivity index (χ4v) is 3.05. The lowest BCUT2D eigenvalue weighted by Gasteiger charge is -2.31. The molecule has 0 spiro atoms. The van der Waals surface area contributed by atoms with Gasteiger partial charge < -0.3 is 10.6 Å². The van der Waals surface area contributed by atoms with Gasteiger partial charge >= 0.3 is 0 Å². The van der Waals surface area contributed by atoms with Crippen LogP contribution in [0, 0.1) is 0 Å². The Labute approximate surface area is 131 Å². The van der Waals surface area contributed by atoms with Gasteiger partial charge in [-0.25, -0.2) is 0 Å². The molecule has 1 saturated heterocycles. The monoisotopic (exact) mass is 305 g/mol. The zero-order valence-corrected chi connectivity index (χ0v) is 13.3. The van der Waals surface area contributed by atoms with Gasteiger partial charge in [0.05, 0.1) is 4.99 Å². The highest BCUT2D eigenvalue weighted by Crippen LogP contribution is 2.25. The molecule has 0 radical (unpaired) electrons. The lowest BCUT2D eigenvalue weighted by Crippen LogP contribution is -2.36. The Bertz CT molecular complexity index is 492. The average molecular weight is 305 g/mol. The number of carbonyl (C=O) groups is 1. The smallest absolute Gasteiger partial charge is 0.219 e. The van der Waals surface area contributed by atoms with Gasteiger partial charge in [0.15, 0.2) is 0 Å². The van der Waals surface area contributed by atoms with E-state index in [2.05, 4.69) is 17.0 Å². The largest absolute Gasteiger partial charge is 0.393 e. The normalized spacial score (nSPS) is 18.0. The zero-order chi connectivity index (χ0) is 15.2. The van der Waals surface area contributed by atoms with E-state index in [9.17, 15) is 4.79 Å². The standard InChI is InChI=1S/C16H23N3OS/c1-13(20)18-8-5-9-19(11-10-18)15(12-16(17)21)14-6-3-2-4-7-14/h2-4,6-7,15H,5,8-12H2,1H3,(H2,17,21). The zero-order valence-electron chi connectivity index (χ0n) is 12.5. The molecule has 0 saturated carbocycles. The summed E-state index contributed by atoms with van der Waals surface area (Å²) in [5.74, 6) is 0.155. The molecule has 0 aliphatic carbocycles. The van der Waals surface area contributed by atoms with Crippen LogP contribution in [0.25, 0.3) is 0 Å². The Morgan fingerprint density at radius 2 is 1.95 bits per heavy atom. The molecule has 1 aliphatic heterocycles. The number of rotatable bonds is 4. The number of amides is 1. The van der Waals surface area contributed by atoms with Crippen LogP contribution in [0.4, 0.5) is 0 Å². The molecule has 1 aromatic carbocycles. The SMILES string of the molecule is CC(=O)N1CCCN(C(CC(N)=S)c2ccccc2)CC1. The second-order valence-corrected chi connectivity index (χ2v) is 6.02. The lowest BCUT2D eigenvalue weighted by molar-refractivity contribution is -0.128. The molecule has 1 atom stereocenters. The average Bonchev–Trinajstić information content (AvgIpc) is 2.71. The fourth-order valence-electron chi connectivity index (χ4n) is 2.89. The minimum atomic E-state index is 0.155. The van der Waals surface area contributed by atoms with Gasteiger partial charge in [0, 0.05) is 45.6 Å². The number of nitrogens with two attached hydrogens (primary N) is 1. The van der Waals surface area contributed by atoms with Gasteiger partial charge in [-0.05, 0) is 12.0 Å². The topological polar surface area (TPSA) is 49.6 Å². The quantitative estimate of drug-likeness (QED) is 0.864. The van der Waals surface area contributed by atoms with Crippen LogP contribution >= 0.6 is 12.2 Å². The van der Waals surface area contributed by atoms with E-state index in [1.54, 1.807) is 6.92 Å². The molecule has 0 aromatic heterocycles. The summed E-state index contributed by atoms with van der Waals surface area (Å²) in [6.07, 6.45) is 1.67. The highest BCUT2D eigenvalue weighted by Gasteiger charge is 2.24. The van der Waals surface area contributed by atoms with Gasteiger partial charge in [-0.3, -0.25) is 9.69 Å². The van der Waals surface area contributed by atoms with Crippen molar-refractivity contribution in [1.29, 1.82) is 0 Å². The van der Waals surface area contributed by atoms with E-state index >= 15 is 0 Å². The molecule has 4 nitrogen and oxygen atoms in total. The number of hydrogen-bond acceptors (Lipinski definition) is 3. The first-order valence-corrected chi connectivity index (χ1v) is 7.81. The van der Waals surface area contributed by atoms with Crippen molar-refractivity contribution in [1.82, 2.24) is 9.80 Å². The third-order valence-corrected chi connectivity index (χ3v) is 4.16. The highest BCUT2D eigenvalue weighted by atomic mass is 32.1. The van der Waals surface area contributed by atoms with Gasteiger partial charge in [0.2, 0.25) is 5.91 Å².